The summed E-state index contributed by atoms with van der Waals surface area (Å²) in [7, 11) is 0. The van der Waals surface area contributed by atoms with Gasteiger partial charge in [-0.3, -0.25) is 9.59 Å². The van der Waals surface area contributed by atoms with Gasteiger partial charge in [-0.25, -0.2) is 4.98 Å². The van der Waals surface area contributed by atoms with Gasteiger partial charge in [-0.2, -0.15) is 0 Å². The maximum absolute atomic E-state index is 12.3. The molecule has 0 unspecified atom stereocenters. The molecule has 0 spiro atoms. The van der Waals surface area contributed by atoms with E-state index in [1.807, 2.05) is 11.8 Å². The van der Waals surface area contributed by atoms with Crippen LogP contribution in [0.3, 0.4) is 0 Å². The number of carbonyl (C=O) groups excluding carboxylic acids is 2. The summed E-state index contributed by atoms with van der Waals surface area (Å²) in [4.78, 5) is 32.2. The third-order valence-corrected chi connectivity index (χ3v) is 4.47. The average Bonchev–Trinajstić information content (AvgIpc) is 2.90. The van der Waals surface area contributed by atoms with Gasteiger partial charge in [0, 0.05) is 38.0 Å². The molecule has 21 heavy (non-hydrogen) atoms. The van der Waals surface area contributed by atoms with E-state index in [1.165, 1.54) is 11.3 Å². The lowest BCUT2D eigenvalue weighted by atomic mass is 10.1. The molecule has 2 rings (SSSR count). The lowest BCUT2D eigenvalue weighted by molar-refractivity contribution is -0.132. The summed E-state index contributed by atoms with van der Waals surface area (Å²) in [5, 5.41) is 2.71. The number of thiazole rings is 1. The Bertz CT molecular complexity index is 505. The Morgan fingerprint density at radius 2 is 1.86 bits per heavy atom. The minimum Gasteiger partial charge on any atom is -0.339 e. The molecule has 0 saturated carbocycles. The van der Waals surface area contributed by atoms with Crippen molar-refractivity contribution in [2.75, 3.05) is 26.2 Å². The molecule has 1 aromatic heterocycles. The van der Waals surface area contributed by atoms with Crippen molar-refractivity contribution < 1.29 is 9.59 Å². The molecule has 0 radical (unpaired) electrons. The Kier molecular flexibility index (Phi) is 5.33. The number of hydrogen-bond donors (Lipinski definition) is 0. The van der Waals surface area contributed by atoms with Crippen LogP contribution in [0.4, 0.5) is 0 Å². The van der Waals surface area contributed by atoms with Crippen LogP contribution in [-0.2, 0) is 4.79 Å². The van der Waals surface area contributed by atoms with Crippen LogP contribution in [0, 0.1) is 12.8 Å². The van der Waals surface area contributed by atoms with Crippen molar-refractivity contribution in [3.63, 3.8) is 0 Å². The first kappa shape index (κ1) is 15.9. The van der Waals surface area contributed by atoms with Crippen molar-refractivity contribution in [2.45, 2.75) is 33.6 Å². The summed E-state index contributed by atoms with van der Waals surface area (Å²) < 4.78 is 0. The van der Waals surface area contributed by atoms with E-state index in [0.29, 0.717) is 44.2 Å². The van der Waals surface area contributed by atoms with Gasteiger partial charge in [0.25, 0.3) is 5.91 Å². The standard InChI is InChI=1S/C15H23N3O2S/c1-11(2)4-5-14(19)17-6-8-18(9-7-17)15(20)13-10-21-12(3)16-13/h10-11H,4-9H2,1-3H3. The maximum Gasteiger partial charge on any atom is 0.273 e. The van der Waals surface area contributed by atoms with Crippen molar-refractivity contribution >= 4 is 23.2 Å². The minimum atomic E-state index is -0.0198. The number of hydrogen-bond acceptors (Lipinski definition) is 4. The summed E-state index contributed by atoms with van der Waals surface area (Å²) in [6, 6.07) is 0. The summed E-state index contributed by atoms with van der Waals surface area (Å²) >= 11 is 1.49. The molecule has 1 aliphatic rings. The van der Waals surface area contributed by atoms with Gasteiger partial charge in [0.05, 0.1) is 5.01 Å². The van der Waals surface area contributed by atoms with Gasteiger partial charge in [-0.1, -0.05) is 13.8 Å². The molecule has 0 aromatic carbocycles. The topological polar surface area (TPSA) is 53.5 Å². The van der Waals surface area contributed by atoms with Gasteiger partial charge in [-0.15, -0.1) is 11.3 Å². The van der Waals surface area contributed by atoms with E-state index in [9.17, 15) is 9.59 Å². The average molecular weight is 309 g/mol. The molecule has 1 saturated heterocycles. The number of aryl methyl sites for hydroxylation is 1. The monoisotopic (exact) mass is 309 g/mol. The van der Waals surface area contributed by atoms with Gasteiger partial charge >= 0.3 is 0 Å². The van der Waals surface area contributed by atoms with Crippen LogP contribution in [-0.4, -0.2) is 52.8 Å². The van der Waals surface area contributed by atoms with Crippen molar-refractivity contribution in [1.82, 2.24) is 14.8 Å². The fraction of sp³-hybridized carbons (Fsp3) is 0.667. The highest BCUT2D eigenvalue weighted by molar-refractivity contribution is 7.09. The quantitative estimate of drug-likeness (QED) is 0.856. The van der Waals surface area contributed by atoms with E-state index in [0.717, 1.165) is 11.4 Å². The van der Waals surface area contributed by atoms with Crippen LogP contribution >= 0.6 is 11.3 Å². The molecule has 2 amide bonds. The molecule has 1 aromatic rings. The highest BCUT2D eigenvalue weighted by Crippen LogP contribution is 2.13. The minimum absolute atomic E-state index is 0.0198. The molecule has 2 heterocycles. The second kappa shape index (κ2) is 7.02. The van der Waals surface area contributed by atoms with Crippen LogP contribution in [0.15, 0.2) is 5.38 Å². The number of amides is 2. The second-order valence-corrected chi connectivity index (χ2v) is 6.92. The first-order valence-electron chi connectivity index (χ1n) is 7.46. The van der Waals surface area contributed by atoms with Gasteiger partial charge in [0.2, 0.25) is 5.91 Å². The third kappa shape index (κ3) is 4.27. The van der Waals surface area contributed by atoms with Gasteiger partial charge in [0.1, 0.15) is 5.69 Å². The predicted molar refractivity (Wildman–Crippen MR) is 83.4 cm³/mol. The molecule has 6 heteroatoms. The number of carbonyl (C=O) groups is 2. The van der Waals surface area contributed by atoms with Crippen molar-refractivity contribution in [2.24, 2.45) is 5.92 Å². The molecule has 116 valence electrons. The van der Waals surface area contributed by atoms with Crippen molar-refractivity contribution in [3.05, 3.63) is 16.1 Å². The number of piperazine rings is 1. The lowest BCUT2D eigenvalue weighted by Gasteiger charge is -2.34. The normalized spacial score (nSPS) is 15.6. The molecular formula is C15H23N3O2S. The number of aromatic nitrogens is 1. The van der Waals surface area contributed by atoms with Crippen molar-refractivity contribution in [1.29, 1.82) is 0 Å². The summed E-state index contributed by atoms with van der Waals surface area (Å²) in [6.45, 7) is 8.61. The maximum atomic E-state index is 12.3. The summed E-state index contributed by atoms with van der Waals surface area (Å²) in [5.74, 6) is 0.735. The van der Waals surface area contributed by atoms with E-state index in [1.54, 1.807) is 10.3 Å². The molecule has 1 fully saturated rings. The Balaban J connectivity index is 1.83. The second-order valence-electron chi connectivity index (χ2n) is 5.86. The zero-order valence-corrected chi connectivity index (χ0v) is 13.8. The van der Waals surface area contributed by atoms with E-state index in [4.69, 9.17) is 0 Å². The number of nitrogens with zero attached hydrogens (tertiary/aromatic N) is 3. The van der Waals surface area contributed by atoms with Crippen LogP contribution in [0.25, 0.3) is 0 Å². The Labute approximate surface area is 130 Å². The van der Waals surface area contributed by atoms with E-state index in [-0.39, 0.29) is 11.8 Å². The molecule has 0 aliphatic carbocycles. The SMILES string of the molecule is Cc1nc(C(=O)N2CCN(C(=O)CCC(C)C)CC2)cs1. The predicted octanol–water partition coefficient (Wildman–Crippen LogP) is 2.17. The highest BCUT2D eigenvalue weighted by Gasteiger charge is 2.25. The summed E-state index contributed by atoms with van der Waals surface area (Å²) in [6.07, 6.45) is 1.53. The van der Waals surface area contributed by atoms with Crippen LogP contribution in [0.2, 0.25) is 0 Å². The first-order chi connectivity index (χ1) is 9.97. The molecule has 0 atom stereocenters. The van der Waals surface area contributed by atoms with Gasteiger partial charge < -0.3 is 9.80 Å². The Morgan fingerprint density at radius 3 is 2.38 bits per heavy atom. The molecular weight excluding hydrogens is 286 g/mol. The fourth-order valence-electron chi connectivity index (χ4n) is 2.35. The molecule has 5 nitrogen and oxygen atoms in total. The molecule has 0 bridgehead atoms. The Hall–Kier alpha value is -1.43. The first-order valence-corrected chi connectivity index (χ1v) is 8.34. The zero-order valence-electron chi connectivity index (χ0n) is 13.0. The lowest BCUT2D eigenvalue weighted by Crippen LogP contribution is -2.50. The highest BCUT2D eigenvalue weighted by atomic mass is 32.1. The third-order valence-electron chi connectivity index (χ3n) is 3.69. The zero-order chi connectivity index (χ0) is 15.4. The molecule has 0 N–H and O–H groups in total. The largest absolute Gasteiger partial charge is 0.339 e. The van der Waals surface area contributed by atoms with Crippen LogP contribution in [0.5, 0.6) is 0 Å². The van der Waals surface area contributed by atoms with E-state index in [2.05, 4.69) is 18.8 Å². The van der Waals surface area contributed by atoms with Crippen LogP contribution in [0.1, 0.15) is 42.2 Å². The van der Waals surface area contributed by atoms with Gasteiger partial charge in [-0.05, 0) is 19.3 Å². The smallest absolute Gasteiger partial charge is 0.273 e. The van der Waals surface area contributed by atoms with E-state index < -0.39 is 0 Å². The number of rotatable bonds is 4. The summed E-state index contributed by atoms with van der Waals surface area (Å²) in [5.41, 5.74) is 0.525. The fourth-order valence-corrected chi connectivity index (χ4v) is 2.94. The van der Waals surface area contributed by atoms with Gasteiger partial charge in [0.15, 0.2) is 0 Å². The van der Waals surface area contributed by atoms with Crippen molar-refractivity contribution in [3.8, 4) is 0 Å². The van der Waals surface area contributed by atoms with Crippen LogP contribution < -0.4 is 0 Å². The molecule has 1 aliphatic heterocycles. The van der Waals surface area contributed by atoms with E-state index >= 15 is 0 Å². The Morgan fingerprint density at radius 1 is 1.24 bits per heavy atom.